The fraction of sp³-hybridized carbons (Fsp3) is 0.100. The maximum atomic E-state index is 14.3. The Kier molecular flexibility index (Phi) is 5.21. The average molecular weight is 409 g/mol. The highest BCUT2D eigenvalue weighted by atomic mass is 19.1. The van der Waals surface area contributed by atoms with Crippen LogP contribution in [0, 0.1) is 12.7 Å². The molecule has 150 valence electrons. The number of imidazole rings is 1. The molecule has 31 heavy (non-hydrogen) atoms. The van der Waals surface area contributed by atoms with E-state index >= 15 is 0 Å². The van der Waals surface area contributed by atoms with Crippen LogP contribution in [0.25, 0.3) is 22.2 Å². The molecule has 0 aliphatic rings. The van der Waals surface area contributed by atoms with Crippen molar-refractivity contribution in [1.29, 1.82) is 0 Å². The van der Waals surface area contributed by atoms with Crippen molar-refractivity contribution in [3.05, 3.63) is 47.9 Å². The summed E-state index contributed by atoms with van der Waals surface area (Å²) in [6.07, 6.45) is 5.22. The number of aromatic nitrogens is 4. The van der Waals surface area contributed by atoms with E-state index in [2.05, 4.69) is 20.3 Å². The summed E-state index contributed by atoms with van der Waals surface area (Å²) in [6.45, 7) is 1.94. The highest BCUT2D eigenvalue weighted by molar-refractivity contribution is 6.59. The van der Waals surface area contributed by atoms with Crippen molar-refractivity contribution in [3.63, 3.8) is 0 Å². The van der Waals surface area contributed by atoms with Crippen LogP contribution in [0.15, 0.2) is 30.7 Å². The van der Waals surface area contributed by atoms with Gasteiger partial charge in [0.25, 0.3) is 5.91 Å². The highest BCUT2D eigenvalue weighted by Gasteiger charge is 2.19. The molecule has 4 rings (SSSR count). The Hall–Kier alpha value is -3.35. The topological polar surface area (TPSA) is 72.7 Å². The van der Waals surface area contributed by atoms with Crippen molar-refractivity contribution in [2.45, 2.75) is 6.92 Å². The number of nitrogens with zero attached hydrogens (tertiary/aromatic N) is 4. The zero-order chi connectivity index (χ0) is 22.4. The van der Waals surface area contributed by atoms with Crippen molar-refractivity contribution in [2.75, 3.05) is 5.32 Å². The van der Waals surface area contributed by atoms with E-state index in [1.54, 1.807) is 50.0 Å². The predicted octanol–water partition coefficient (Wildman–Crippen LogP) is -3.24. The Balaban J connectivity index is 1.71. The van der Waals surface area contributed by atoms with Gasteiger partial charge in [-0.2, -0.15) is 0 Å². The number of rotatable bonds is 3. The van der Waals surface area contributed by atoms with Gasteiger partial charge in [0.15, 0.2) is 0 Å². The number of carbonyl (C=O) groups is 1. The summed E-state index contributed by atoms with van der Waals surface area (Å²) in [7, 11) is 8.86. The van der Waals surface area contributed by atoms with Gasteiger partial charge >= 0.3 is 0 Å². The van der Waals surface area contributed by atoms with E-state index in [0.717, 1.165) is 28.0 Å². The fourth-order valence-electron chi connectivity index (χ4n) is 3.77. The second kappa shape index (κ2) is 7.72. The van der Waals surface area contributed by atoms with Crippen molar-refractivity contribution in [1.82, 2.24) is 19.5 Å². The first kappa shape index (κ1) is 20.9. The van der Waals surface area contributed by atoms with E-state index in [-0.39, 0.29) is 11.7 Å². The maximum Gasteiger partial charge on any atom is 0.255 e. The molecule has 0 spiro atoms. The van der Waals surface area contributed by atoms with Gasteiger partial charge < -0.3 is 9.88 Å². The van der Waals surface area contributed by atoms with Gasteiger partial charge in [-0.1, -0.05) is 21.9 Å². The molecule has 1 aromatic carbocycles. The van der Waals surface area contributed by atoms with Gasteiger partial charge in [0, 0.05) is 30.4 Å². The van der Waals surface area contributed by atoms with Gasteiger partial charge in [0.05, 0.1) is 17.6 Å². The molecule has 11 heteroatoms. The molecule has 0 fully saturated rings. The SMILES string of the molecule is Bc1c(B)c(C(=O)Nc2cc3cc(-c4cnc(C)n4C)ncc3cn2)c(B)c(B)c1F. The Morgan fingerprint density at radius 3 is 2.19 bits per heavy atom. The Labute approximate surface area is 183 Å². The third-order valence-electron chi connectivity index (χ3n) is 6.09. The van der Waals surface area contributed by atoms with E-state index in [4.69, 9.17) is 0 Å². The van der Waals surface area contributed by atoms with Gasteiger partial charge in [0.1, 0.15) is 48.8 Å². The van der Waals surface area contributed by atoms with Crippen LogP contribution in [0.4, 0.5) is 10.2 Å². The normalized spacial score (nSPS) is 11.1. The van der Waals surface area contributed by atoms with E-state index < -0.39 is 0 Å². The first-order chi connectivity index (χ1) is 14.7. The molecule has 0 aliphatic heterocycles. The summed E-state index contributed by atoms with van der Waals surface area (Å²) in [5, 5.41) is 4.63. The highest BCUT2D eigenvalue weighted by Crippen LogP contribution is 2.23. The Morgan fingerprint density at radius 2 is 1.58 bits per heavy atom. The first-order valence-corrected chi connectivity index (χ1v) is 10.0. The molecule has 0 saturated carbocycles. The Bertz CT molecular complexity index is 1340. The lowest BCUT2D eigenvalue weighted by atomic mass is 9.66. The molecule has 0 radical (unpaired) electrons. The van der Waals surface area contributed by atoms with Crippen LogP contribution in [0.3, 0.4) is 0 Å². The lowest BCUT2D eigenvalue weighted by molar-refractivity contribution is 0.102. The molecule has 1 amide bonds. The molecule has 0 saturated heterocycles. The minimum atomic E-state index is -0.301. The maximum absolute atomic E-state index is 14.3. The van der Waals surface area contributed by atoms with Crippen LogP contribution in [0.5, 0.6) is 0 Å². The average Bonchev–Trinajstić information content (AvgIpc) is 3.09. The quantitative estimate of drug-likeness (QED) is 0.362. The molecule has 0 unspecified atom stereocenters. The van der Waals surface area contributed by atoms with Crippen LogP contribution in [-0.4, -0.2) is 56.8 Å². The minimum absolute atomic E-state index is 0.263. The largest absolute Gasteiger partial charge is 0.330 e. The van der Waals surface area contributed by atoms with Gasteiger partial charge in [0.2, 0.25) is 0 Å². The number of benzene rings is 1. The Morgan fingerprint density at radius 1 is 0.935 bits per heavy atom. The summed E-state index contributed by atoms with van der Waals surface area (Å²) < 4.78 is 16.3. The molecular formula is C20H20B4FN5O. The van der Waals surface area contributed by atoms with E-state index in [0.29, 0.717) is 33.2 Å². The van der Waals surface area contributed by atoms with Crippen molar-refractivity contribution in [3.8, 4) is 11.4 Å². The summed E-state index contributed by atoms with van der Waals surface area (Å²) in [4.78, 5) is 26.2. The smallest absolute Gasteiger partial charge is 0.255 e. The predicted molar refractivity (Wildman–Crippen MR) is 134 cm³/mol. The molecule has 6 nitrogen and oxygen atoms in total. The third kappa shape index (κ3) is 3.54. The lowest BCUT2D eigenvalue weighted by Crippen LogP contribution is -2.49. The summed E-state index contributed by atoms with van der Waals surface area (Å²) >= 11 is 0. The summed E-state index contributed by atoms with van der Waals surface area (Å²) in [6, 6.07) is 3.77. The molecule has 0 aliphatic carbocycles. The van der Waals surface area contributed by atoms with Gasteiger partial charge in [-0.25, -0.2) is 14.4 Å². The van der Waals surface area contributed by atoms with Crippen LogP contribution in [-0.2, 0) is 7.05 Å². The number of fused-ring (bicyclic) bond motifs is 1. The van der Waals surface area contributed by atoms with E-state index in [1.807, 2.05) is 30.7 Å². The number of hydrogen-bond acceptors (Lipinski definition) is 4. The van der Waals surface area contributed by atoms with Crippen LogP contribution >= 0.6 is 0 Å². The monoisotopic (exact) mass is 409 g/mol. The van der Waals surface area contributed by atoms with Crippen LogP contribution in [0.1, 0.15) is 16.2 Å². The molecule has 0 bridgehead atoms. The van der Waals surface area contributed by atoms with E-state index in [1.165, 1.54) is 0 Å². The van der Waals surface area contributed by atoms with Crippen LogP contribution in [0.2, 0.25) is 0 Å². The summed E-state index contributed by atoms with van der Waals surface area (Å²) in [5.41, 5.74) is 4.43. The van der Waals surface area contributed by atoms with Gasteiger partial charge in [-0.15, -0.1) is 0 Å². The minimum Gasteiger partial charge on any atom is -0.330 e. The number of nitrogens with one attached hydrogen (secondary N) is 1. The number of pyridine rings is 2. The third-order valence-corrected chi connectivity index (χ3v) is 6.09. The molecule has 4 aromatic rings. The van der Waals surface area contributed by atoms with Crippen molar-refractivity contribution >= 4 is 75.7 Å². The van der Waals surface area contributed by atoms with Crippen LogP contribution < -0.4 is 27.2 Å². The number of anilines is 1. The van der Waals surface area contributed by atoms with Crippen molar-refractivity contribution < 1.29 is 9.18 Å². The molecular weight excluding hydrogens is 389 g/mol. The molecule has 3 heterocycles. The fourth-order valence-corrected chi connectivity index (χ4v) is 3.77. The first-order valence-electron chi connectivity index (χ1n) is 10.0. The summed E-state index contributed by atoms with van der Waals surface area (Å²) in [5.74, 6) is 0.759. The number of amides is 1. The van der Waals surface area contributed by atoms with Gasteiger partial charge in [-0.3, -0.25) is 9.78 Å². The molecule has 0 atom stereocenters. The number of aryl methyl sites for hydroxylation is 1. The number of hydrogen-bond donors (Lipinski definition) is 1. The van der Waals surface area contributed by atoms with E-state index in [9.17, 15) is 9.18 Å². The standard InChI is InChI=1S/C20H20B4FN5O/c1-8-26-7-12(30(8)2)11-3-9-4-13(28-6-10(9)5-27-11)29-20(31)14-15(21)17(23)19(25)18(24)16(14)22/h3-7H,21-24H2,1-2H3,(H,28,29,31). The second-order valence-electron chi connectivity index (χ2n) is 7.88. The molecule has 1 N–H and O–H groups in total. The lowest BCUT2D eigenvalue weighted by Gasteiger charge is -2.17. The zero-order valence-corrected chi connectivity index (χ0v) is 18.5. The van der Waals surface area contributed by atoms with Gasteiger partial charge in [-0.05, 0) is 24.4 Å². The zero-order valence-electron chi connectivity index (χ0n) is 18.5. The second-order valence-corrected chi connectivity index (χ2v) is 7.88. The van der Waals surface area contributed by atoms with Crippen molar-refractivity contribution in [2.24, 2.45) is 7.05 Å². The number of carbonyl (C=O) groups excluding carboxylic acids is 1. The molecule has 3 aromatic heterocycles. The number of halogens is 1.